The molecule has 0 N–H and O–H groups in total. The molecule has 1 heterocycles. The van der Waals surface area contributed by atoms with Crippen LogP contribution in [0.5, 0.6) is 0 Å². The van der Waals surface area contributed by atoms with Crippen LogP contribution in [0.1, 0.15) is 39.5 Å². The third kappa shape index (κ3) is 5.35. The number of likely N-dealkylation sites (N-methyl/N-ethyl adjacent to an activating group) is 1. The lowest BCUT2D eigenvalue weighted by Gasteiger charge is -2.36. The van der Waals surface area contributed by atoms with Gasteiger partial charge in [-0.1, -0.05) is 35.8 Å². The number of likely N-dealkylation sites (tertiary alicyclic amines) is 1. The lowest BCUT2D eigenvalue weighted by Crippen LogP contribution is -2.48. The number of rotatable bonds is 8. The zero-order valence-corrected chi connectivity index (χ0v) is 18.7. The molecule has 0 aromatic heterocycles. The van der Waals surface area contributed by atoms with E-state index in [1.165, 1.54) is 0 Å². The summed E-state index contributed by atoms with van der Waals surface area (Å²) in [7, 11) is 0. The minimum Gasteiger partial charge on any atom is -0.342 e. The quantitative estimate of drug-likeness (QED) is 0.606. The number of halogens is 1. The summed E-state index contributed by atoms with van der Waals surface area (Å²) < 4.78 is 0.972. The Morgan fingerprint density at radius 1 is 1.11 bits per heavy atom. The summed E-state index contributed by atoms with van der Waals surface area (Å²) in [5.74, 6) is 0.526. The Bertz CT molecular complexity index is 688. The van der Waals surface area contributed by atoms with Crippen LogP contribution in [0.25, 0.3) is 0 Å². The lowest BCUT2D eigenvalue weighted by atomic mass is 9.95. The summed E-state index contributed by atoms with van der Waals surface area (Å²) in [6.45, 7) is 9.15. The third-order valence-electron chi connectivity index (χ3n) is 5.93. The maximum Gasteiger partial charge on any atom is 0.231 e. The van der Waals surface area contributed by atoms with Crippen LogP contribution in [-0.4, -0.2) is 60.9 Å². The van der Waals surface area contributed by atoms with E-state index >= 15 is 0 Å². The van der Waals surface area contributed by atoms with Gasteiger partial charge in [-0.3, -0.25) is 9.59 Å². The maximum absolute atomic E-state index is 13.5. The van der Waals surface area contributed by atoms with E-state index in [0.29, 0.717) is 13.1 Å². The molecule has 6 heteroatoms. The first-order valence-corrected chi connectivity index (χ1v) is 11.4. The number of carbonyl (C=O) groups is 2. The minimum absolute atomic E-state index is 0.105. The Balaban J connectivity index is 1.74. The molecule has 2 aliphatic rings. The van der Waals surface area contributed by atoms with Gasteiger partial charge in [-0.25, -0.2) is 0 Å². The molecular weight excluding hydrogens is 418 g/mol. The van der Waals surface area contributed by atoms with Gasteiger partial charge in [0.1, 0.15) is 0 Å². The fourth-order valence-corrected chi connectivity index (χ4v) is 4.37. The molecule has 0 radical (unpaired) electrons. The second kappa shape index (κ2) is 9.88. The predicted octanol–water partition coefficient (Wildman–Crippen LogP) is 3.77. The van der Waals surface area contributed by atoms with E-state index in [2.05, 4.69) is 34.7 Å². The highest BCUT2D eigenvalue weighted by Gasteiger charge is 2.37. The van der Waals surface area contributed by atoms with Crippen molar-refractivity contribution < 1.29 is 9.59 Å². The van der Waals surface area contributed by atoms with Crippen molar-refractivity contribution in [3.63, 3.8) is 0 Å². The van der Waals surface area contributed by atoms with Gasteiger partial charge in [0, 0.05) is 42.3 Å². The molecule has 1 aromatic rings. The minimum atomic E-state index is -0.105. The zero-order valence-electron chi connectivity index (χ0n) is 17.1. The topological polar surface area (TPSA) is 43.9 Å². The molecule has 1 unspecified atom stereocenters. The third-order valence-corrected chi connectivity index (χ3v) is 6.42. The van der Waals surface area contributed by atoms with Crippen LogP contribution in [0.3, 0.4) is 0 Å². The first kappa shape index (κ1) is 21.3. The highest BCUT2D eigenvalue weighted by Crippen LogP contribution is 2.33. The van der Waals surface area contributed by atoms with Gasteiger partial charge >= 0.3 is 0 Å². The van der Waals surface area contributed by atoms with E-state index in [9.17, 15) is 9.59 Å². The summed E-state index contributed by atoms with van der Waals surface area (Å²) >= 11 is 3.53. The van der Waals surface area contributed by atoms with Gasteiger partial charge in [0.05, 0.1) is 5.92 Å². The lowest BCUT2D eigenvalue weighted by molar-refractivity contribution is -0.136. The monoisotopic (exact) mass is 449 g/mol. The van der Waals surface area contributed by atoms with Crippen LogP contribution in [0, 0.1) is 11.8 Å². The van der Waals surface area contributed by atoms with Gasteiger partial charge < -0.3 is 14.7 Å². The van der Waals surface area contributed by atoms with Crippen molar-refractivity contribution in [1.82, 2.24) is 9.80 Å². The first-order chi connectivity index (χ1) is 13.5. The van der Waals surface area contributed by atoms with E-state index in [-0.39, 0.29) is 23.7 Å². The molecule has 28 heavy (non-hydrogen) atoms. The van der Waals surface area contributed by atoms with Crippen molar-refractivity contribution in [2.45, 2.75) is 39.5 Å². The Labute approximate surface area is 177 Å². The fourth-order valence-electron chi connectivity index (χ4n) is 3.98. The Hall–Kier alpha value is -1.40. The number of nitrogens with zero attached hydrogens (tertiary/aromatic N) is 3. The number of carbonyl (C=O) groups excluding carboxylic acids is 2. The van der Waals surface area contributed by atoms with Crippen LogP contribution in [0.2, 0.25) is 0 Å². The Morgan fingerprint density at radius 3 is 2.50 bits per heavy atom. The van der Waals surface area contributed by atoms with Crippen molar-refractivity contribution >= 4 is 33.4 Å². The summed E-state index contributed by atoms with van der Waals surface area (Å²) in [6, 6.07) is 7.96. The van der Waals surface area contributed by atoms with Gasteiger partial charge in [-0.05, 0) is 57.0 Å². The smallest absolute Gasteiger partial charge is 0.231 e. The van der Waals surface area contributed by atoms with E-state index in [0.717, 1.165) is 62.0 Å². The van der Waals surface area contributed by atoms with Crippen molar-refractivity contribution in [3.8, 4) is 0 Å². The van der Waals surface area contributed by atoms with Crippen molar-refractivity contribution in [3.05, 3.63) is 28.7 Å². The van der Waals surface area contributed by atoms with Crippen molar-refractivity contribution in [2.75, 3.05) is 44.2 Å². The van der Waals surface area contributed by atoms with Gasteiger partial charge in [0.2, 0.25) is 11.8 Å². The fraction of sp³-hybridized carbons (Fsp3) is 0.636. The number of amides is 2. The van der Waals surface area contributed by atoms with E-state index in [4.69, 9.17) is 0 Å². The molecule has 2 amide bonds. The average Bonchev–Trinajstić information content (AvgIpc) is 3.56. The van der Waals surface area contributed by atoms with Crippen LogP contribution in [0.15, 0.2) is 28.7 Å². The number of piperidine rings is 1. The normalized spacial score (nSPS) is 19.7. The summed E-state index contributed by atoms with van der Waals surface area (Å²) in [5, 5.41) is 0. The molecule has 1 aromatic carbocycles. The van der Waals surface area contributed by atoms with E-state index in [1.54, 1.807) is 0 Å². The van der Waals surface area contributed by atoms with Gasteiger partial charge in [0.15, 0.2) is 0 Å². The van der Waals surface area contributed by atoms with Crippen LogP contribution in [-0.2, 0) is 9.59 Å². The van der Waals surface area contributed by atoms with Crippen molar-refractivity contribution in [2.24, 2.45) is 11.8 Å². The first-order valence-electron chi connectivity index (χ1n) is 10.6. The zero-order chi connectivity index (χ0) is 20.1. The van der Waals surface area contributed by atoms with Crippen LogP contribution >= 0.6 is 15.9 Å². The van der Waals surface area contributed by atoms with Gasteiger partial charge in [-0.15, -0.1) is 0 Å². The van der Waals surface area contributed by atoms with Crippen LogP contribution < -0.4 is 4.90 Å². The number of hydrogen-bond donors (Lipinski definition) is 0. The molecule has 3 rings (SSSR count). The largest absolute Gasteiger partial charge is 0.342 e. The second-order valence-corrected chi connectivity index (χ2v) is 8.81. The van der Waals surface area contributed by atoms with Gasteiger partial charge in [0.25, 0.3) is 0 Å². The standard InChI is InChI=1S/C22H32BrN3O2/c1-3-24(4-2)13-14-26(20-9-5-8-19(23)15-20)22(28)18-7-6-12-25(16-18)21(27)17-10-11-17/h5,8-9,15,17-18H,3-4,6-7,10-14,16H2,1-2H3. The molecule has 154 valence electrons. The summed E-state index contributed by atoms with van der Waals surface area (Å²) in [6.07, 6.45) is 3.81. The second-order valence-electron chi connectivity index (χ2n) is 7.89. The SMILES string of the molecule is CCN(CC)CCN(C(=O)C1CCCN(C(=O)C2CC2)C1)c1cccc(Br)c1. The molecule has 1 saturated heterocycles. The molecule has 1 aliphatic heterocycles. The van der Waals surface area contributed by atoms with E-state index < -0.39 is 0 Å². The molecule has 1 aliphatic carbocycles. The molecule has 5 nitrogen and oxygen atoms in total. The highest BCUT2D eigenvalue weighted by molar-refractivity contribution is 9.10. The van der Waals surface area contributed by atoms with E-state index in [1.807, 2.05) is 34.1 Å². The molecule has 0 bridgehead atoms. The molecule has 1 atom stereocenters. The van der Waals surface area contributed by atoms with Crippen LogP contribution in [0.4, 0.5) is 5.69 Å². The molecular formula is C22H32BrN3O2. The maximum atomic E-state index is 13.5. The van der Waals surface area contributed by atoms with Gasteiger partial charge in [-0.2, -0.15) is 0 Å². The average molecular weight is 450 g/mol. The molecule has 1 saturated carbocycles. The predicted molar refractivity (Wildman–Crippen MR) is 116 cm³/mol. The Morgan fingerprint density at radius 2 is 1.86 bits per heavy atom. The molecule has 2 fully saturated rings. The van der Waals surface area contributed by atoms with Crippen molar-refractivity contribution in [1.29, 1.82) is 0 Å². The summed E-state index contributed by atoms with van der Waals surface area (Å²) in [5.41, 5.74) is 0.928. The number of benzene rings is 1. The number of hydrogen-bond acceptors (Lipinski definition) is 3. The Kier molecular flexibility index (Phi) is 7.52. The molecule has 0 spiro atoms. The highest BCUT2D eigenvalue weighted by atomic mass is 79.9. The number of anilines is 1. The summed E-state index contributed by atoms with van der Waals surface area (Å²) in [4.78, 5) is 32.2.